The first-order chi connectivity index (χ1) is 15.8. The Morgan fingerprint density at radius 1 is 1.24 bits per heavy atom. The van der Waals surface area contributed by atoms with Gasteiger partial charge >= 0.3 is 0 Å². The third-order valence-corrected chi connectivity index (χ3v) is 8.08. The predicted molar refractivity (Wildman–Crippen MR) is 131 cm³/mol. The second-order valence-electron chi connectivity index (χ2n) is 9.38. The number of aromatic nitrogens is 2. The van der Waals surface area contributed by atoms with E-state index in [2.05, 4.69) is 28.8 Å². The van der Waals surface area contributed by atoms with Gasteiger partial charge in [0.1, 0.15) is 28.5 Å². The molecule has 0 aliphatic carbocycles. The molecule has 0 saturated carbocycles. The Balaban J connectivity index is 1.35. The van der Waals surface area contributed by atoms with Crippen LogP contribution in [0.4, 0.5) is 0 Å². The number of hydrogen-bond donors (Lipinski definition) is 1. The van der Waals surface area contributed by atoms with Crippen molar-refractivity contribution in [3.63, 3.8) is 0 Å². The molecular weight excluding hydrogens is 434 g/mol. The zero-order chi connectivity index (χ0) is 23.2. The summed E-state index contributed by atoms with van der Waals surface area (Å²) in [6, 6.07) is 10.8. The third-order valence-electron chi connectivity index (χ3n) is 7.05. The number of nitrogens with zero attached hydrogens (tertiary/aromatic N) is 3. The Morgan fingerprint density at radius 2 is 1.94 bits per heavy atom. The number of ether oxygens (including phenoxy) is 1. The largest absolute Gasteiger partial charge is 0.490 e. The van der Waals surface area contributed by atoms with Gasteiger partial charge in [0.15, 0.2) is 0 Å². The molecule has 4 heterocycles. The standard InChI is InChI=1S/C26H29N3O3S/c1-4-26(2,31)12-11-22-15-23-24(33-22)25(30)29(16-27-23)17-7-9-20(10-8-17)32-21-13-18-5-6-19(14-21)28(18)3/h7-10,15-16,18-19,21,31H,4-6,13-14H2,1-3H3. The normalized spacial score (nSPS) is 24.3. The highest BCUT2D eigenvalue weighted by atomic mass is 32.1. The Bertz CT molecular complexity index is 1270. The molecule has 2 aliphatic rings. The topological polar surface area (TPSA) is 67.6 Å². The van der Waals surface area contributed by atoms with Crippen LogP contribution in [0, 0.1) is 11.8 Å². The van der Waals surface area contributed by atoms with Crippen molar-refractivity contribution in [3.05, 3.63) is 51.9 Å². The number of rotatable bonds is 4. The molecule has 1 N–H and O–H groups in total. The van der Waals surface area contributed by atoms with Crippen molar-refractivity contribution in [1.29, 1.82) is 0 Å². The highest BCUT2D eigenvalue weighted by molar-refractivity contribution is 7.19. The summed E-state index contributed by atoms with van der Waals surface area (Å²) in [7, 11) is 2.23. The quantitative estimate of drug-likeness (QED) is 0.593. The van der Waals surface area contributed by atoms with E-state index < -0.39 is 5.60 Å². The van der Waals surface area contributed by atoms with E-state index in [1.165, 1.54) is 24.2 Å². The number of fused-ring (bicyclic) bond motifs is 3. The summed E-state index contributed by atoms with van der Waals surface area (Å²) < 4.78 is 8.39. The fourth-order valence-corrected chi connectivity index (χ4v) is 5.67. The summed E-state index contributed by atoms with van der Waals surface area (Å²) in [6.45, 7) is 3.57. The molecule has 2 saturated heterocycles. The number of aliphatic hydroxyl groups is 1. The van der Waals surface area contributed by atoms with E-state index in [9.17, 15) is 9.90 Å². The maximum atomic E-state index is 13.1. The number of benzene rings is 1. The first-order valence-electron chi connectivity index (χ1n) is 11.6. The minimum atomic E-state index is -1.04. The number of hydrogen-bond acceptors (Lipinski definition) is 6. The van der Waals surface area contributed by atoms with Crippen LogP contribution in [0.5, 0.6) is 5.75 Å². The summed E-state index contributed by atoms with van der Waals surface area (Å²) >= 11 is 1.31. The van der Waals surface area contributed by atoms with Crippen LogP contribution >= 0.6 is 11.3 Å². The van der Waals surface area contributed by atoms with Gasteiger partial charge in [0.05, 0.1) is 16.1 Å². The molecule has 2 aromatic heterocycles. The van der Waals surface area contributed by atoms with Gasteiger partial charge in [-0.1, -0.05) is 18.8 Å². The van der Waals surface area contributed by atoms with Gasteiger partial charge in [-0.25, -0.2) is 4.98 Å². The van der Waals surface area contributed by atoms with Crippen LogP contribution in [0.25, 0.3) is 15.9 Å². The highest BCUT2D eigenvalue weighted by Gasteiger charge is 2.39. The maximum Gasteiger partial charge on any atom is 0.275 e. The Labute approximate surface area is 197 Å². The van der Waals surface area contributed by atoms with E-state index >= 15 is 0 Å². The lowest BCUT2D eigenvalue weighted by molar-refractivity contribution is 0.0662. The van der Waals surface area contributed by atoms with Crippen LogP contribution in [0.3, 0.4) is 0 Å². The van der Waals surface area contributed by atoms with Gasteiger partial charge < -0.3 is 14.7 Å². The van der Waals surface area contributed by atoms with Crippen molar-refractivity contribution in [3.8, 4) is 23.3 Å². The molecule has 3 unspecified atom stereocenters. The van der Waals surface area contributed by atoms with Crippen molar-refractivity contribution in [2.45, 2.75) is 69.7 Å². The second kappa shape index (κ2) is 8.60. The van der Waals surface area contributed by atoms with E-state index in [1.807, 2.05) is 31.2 Å². The van der Waals surface area contributed by atoms with Crippen LogP contribution in [-0.4, -0.2) is 50.4 Å². The lowest BCUT2D eigenvalue weighted by Crippen LogP contribution is -2.43. The Morgan fingerprint density at radius 3 is 2.61 bits per heavy atom. The summed E-state index contributed by atoms with van der Waals surface area (Å²) in [4.78, 5) is 20.8. The van der Waals surface area contributed by atoms with E-state index in [0.29, 0.717) is 28.7 Å². The first-order valence-corrected chi connectivity index (χ1v) is 12.4. The average Bonchev–Trinajstić information content (AvgIpc) is 3.30. The molecule has 7 heteroatoms. The van der Waals surface area contributed by atoms with Gasteiger partial charge in [0.2, 0.25) is 0 Å². The van der Waals surface area contributed by atoms with Crippen molar-refractivity contribution < 1.29 is 9.84 Å². The minimum Gasteiger partial charge on any atom is -0.490 e. The molecule has 1 aromatic carbocycles. The first kappa shape index (κ1) is 22.1. The van der Waals surface area contributed by atoms with E-state index in [1.54, 1.807) is 23.9 Å². The maximum absolute atomic E-state index is 13.1. The summed E-state index contributed by atoms with van der Waals surface area (Å²) in [5, 5.41) is 10.1. The number of piperidine rings is 1. The van der Waals surface area contributed by atoms with Crippen LogP contribution in [0.2, 0.25) is 0 Å². The third kappa shape index (κ3) is 4.43. The molecule has 5 rings (SSSR count). The molecule has 2 aliphatic heterocycles. The van der Waals surface area contributed by atoms with Crippen molar-refractivity contribution in [2.24, 2.45) is 0 Å². The summed E-state index contributed by atoms with van der Waals surface area (Å²) in [6.07, 6.45) is 7.04. The number of thiophene rings is 1. The molecule has 3 atom stereocenters. The molecule has 2 fully saturated rings. The van der Waals surface area contributed by atoms with Crippen LogP contribution in [-0.2, 0) is 0 Å². The zero-order valence-corrected chi connectivity index (χ0v) is 20.1. The van der Waals surface area contributed by atoms with Gasteiger partial charge in [-0.15, -0.1) is 11.3 Å². The zero-order valence-electron chi connectivity index (χ0n) is 19.2. The molecule has 0 spiro atoms. The molecule has 3 aromatic rings. The van der Waals surface area contributed by atoms with E-state index in [-0.39, 0.29) is 11.7 Å². The van der Waals surface area contributed by atoms with Crippen LogP contribution in [0.15, 0.2) is 41.5 Å². The molecule has 6 nitrogen and oxygen atoms in total. The summed E-state index contributed by atoms with van der Waals surface area (Å²) in [5.41, 5.74) is 0.209. The smallest absolute Gasteiger partial charge is 0.275 e. The van der Waals surface area contributed by atoms with Crippen LogP contribution in [0.1, 0.15) is 50.8 Å². The predicted octanol–water partition coefficient (Wildman–Crippen LogP) is 3.96. The Hall–Kier alpha value is -2.66. The van der Waals surface area contributed by atoms with Crippen molar-refractivity contribution >= 4 is 21.6 Å². The molecule has 0 radical (unpaired) electrons. The SMILES string of the molecule is CCC(C)(O)C#Cc1cc2ncn(-c3ccc(OC4CC5CCC(C4)N5C)cc3)c(=O)c2s1. The monoisotopic (exact) mass is 463 g/mol. The van der Waals surface area contributed by atoms with Crippen molar-refractivity contribution in [2.75, 3.05) is 7.05 Å². The van der Waals surface area contributed by atoms with Crippen LogP contribution < -0.4 is 10.3 Å². The molecule has 2 bridgehead atoms. The molecule has 0 amide bonds. The lowest BCUT2D eigenvalue weighted by Gasteiger charge is -2.36. The van der Waals surface area contributed by atoms with E-state index in [0.717, 1.165) is 29.2 Å². The molecular formula is C26H29N3O3S. The fourth-order valence-electron chi connectivity index (χ4n) is 4.78. The average molecular weight is 464 g/mol. The van der Waals surface area contributed by atoms with E-state index in [4.69, 9.17) is 4.74 Å². The van der Waals surface area contributed by atoms with Gasteiger partial charge in [0.25, 0.3) is 5.56 Å². The van der Waals surface area contributed by atoms with Gasteiger partial charge in [-0.3, -0.25) is 9.36 Å². The van der Waals surface area contributed by atoms with Crippen molar-refractivity contribution in [1.82, 2.24) is 14.5 Å². The highest BCUT2D eigenvalue weighted by Crippen LogP contribution is 2.36. The van der Waals surface area contributed by atoms with Gasteiger partial charge in [-0.05, 0) is 76.4 Å². The lowest BCUT2D eigenvalue weighted by atomic mass is 10.0. The second-order valence-corrected chi connectivity index (χ2v) is 10.4. The van der Waals surface area contributed by atoms with Gasteiger partial charge in [-0.2, -0.15) is 0 Å². The minimum absolute atomic E-state index is 0.124. The van der Waals surface area contributed by atoms with Gasteiger partial charge in [0, 0.05) is 12.1 Å². The Kier molecular flexibility index (Phi) is 5.77. The molecule has 33 heavy (non-hydrogen) atoms. The summed E-state index contributed by atoms with van der Waals surface area (Å²) in [5.74, 6) is 6.69. The molecule has 172 valence electrons. The fraction of sp³-hybridized carbons (Fsp3) is 0.462.